The van der Waals surface area contributed by atoms with E-state index in [2.05, 4.69) is 0 Å². The van der Waals surface area contributed by atoms with Crippen LogP contribution in [0, 0.1) is 0 Å². The molecule has 0 unspecified atom stereocenters. The minimum absolute atomic E-state index is 0.115. The quantitative estimate of drug-likeness (QED) is 0.516. The van der Waals surface area contributed by atoms with E-state index in [4.69, 9.17) is 4.74 Å². The first kappa shape index (κ1) is 7.06. The summed E-state index contributed by atoms with van der Waals surface area (Å²) in [5.41, 5.74) is 0. The Labute approximate surface area is 60.2 Å². The van der Waals surface area contributed by atoms with Gasteiger partial charge >= 0.3 is 5.97 Å². The third-order valence-electron chi connectivity index (χ3n) is 1.30. The van der Waals surface area contributed by atoms with Gasteiger partial charge < -0.3 is 4.74 Å². The highest BCUT2D eigenvalue weighted by Gasteiger charge is 2.15. The van der Waals surface area contributed by atoms with Crippen molar-refractivity contribution in [3.05, 3.63) is 24.0 Å². The Hall–Kier alpha value is -1.05. The standard InChI is InChI=1S/C8H10O2/c1-2-3-4-7-5-6-8(9)10-7/h2-4H,5-6H2,1H3/b3-2+,7-4+. The van der Waals surface area contributed by atoms with Gasteiger partial charge in [-0.05, 0) is 13.0 Å². The zero-order valence-electron chi connectivity index (χ0n) is 5.96. The maximum Gasteiger partial charge on any atom is 0.311 e. The highest BCUT2D eigenvalue weighted by Crippen LogP contribution is 2.16. The lowest BCUT2D eigenvalue weighted by Crippen LogP contribution is -1.88. The molecule has 1 heterocycles. The van der Waals surface area contributed by atoms with E-state index in [1.54, 1.807) is 0 Å². The summed E-state index contributed by atoms with van der Waals surface area (Å²) in [5.74, 6) is 0.666. The van der Waals surface area contributed by atoms with E-state index in [9.17, 15) is 4.79 Å². The van der Waals surface area contributed by atoms with E-state index in [1.807, 2.05) is 25.2 Å². The minimum atomic E-state index is -0.115. The number of cyclic esters (lactones) is 1. The molecule has 0 atom stereocenters. The molecule has 0 N–H and O–H groups in total. The first-order valence-electron chi connectivity index (χ1n) is 3.35. The molecule has 1 rings (SSSR count). The maximum absolute atomic E-state index is 10.5. The number of rotatable bonds is 1. The summed E-state index contributed by atoms with van der Waals surface area (Å²) < 4.78 is 4.83. The Morgan fingerprint density at radius 2 is 2.30 bits per heavy atom. The Morgan fingerprint density at radius 3 is 2.80 bits per heavy atom. The van der Waals surface area contributed by atoms with Gasteiger partial charge in [-0.15, -0.1) is 0 Å². The SMILES string of the molecule is C/C=C/C=C1\CCC(=O)O1. The molecule has 0 aromatic carbocycles. The van der Waals surface area contributed by atoms with Crippen molar-refractivity contribution in [2.24, 2.45) is 0 Å². The van der Waals surface area contributed by atoms with Gasteiger partial charge in [0.05, 0.1) is 6.42 Å². The summed E-state index contributed by atoms with van der Waals surface area (Å²) in [4.78, 5) is 10.5. The van der Waals surface area contributed by atoms with E-state index in [1.165, 1.54) is 0 Å². The highest BCUT2D eigenvalue weighted by atomic mass is 16.5. The van der Waals surface area contributed by atoms with Crippen LogP contribution in [0.5, 0.6) is 0 Å². The third-order valence-corrected chi connectivity index (χ3v) is 1.30. The van der Waals surface area contributed by atoms with Crippen LogP contribution in [0.15, 0.2) is 24.0 Å². The van der Waals surface area contributed by atoms with Crippen molar-refractivity contribution in [1.82, 2.24) is 0 Å². The summed E-state index contributed by atoms with van der Waals surface area (Å²) >= 11 is 0. The van der Waals surface area contributed by atoms with E-state index < -0.39 is 0 Å². The lowest BCUT2D eigenvalue weighted by molar-refractivity contribution is -0.135. The highest BCUT2D eigenvalue weighted by molar-refractivity contribution is 5.73. The molecule has 1 aliphatic rings. The van der Waals surface area contributed by atoms with Gasteiger partial charge in [-0.3, -0.25) is 4.79 Å². The van der Waals surface area contributed by atoms with Crippen molar-refractivity contribution in [1.29, 1.82) is 0 Å². The van der Waals surface area contributed by atoms with Crippen molar-refractivity contribution in [3.8, 4) is 0 Å². The lowest BCUT2D eigenvalue weighted by atomic mass is 10.3. The molecule has 0 bridgehead atoms. The molecule has 1 fully saturated rings. The van der Waals surface area contributed by atoms with Crippen LogP contribution in [0.4, 0.5) is 0 Å². The normalized spacial score (nSPS) is 22.5. The molecular weight excluding hydrogens is 128 g/mol. The number of carbonyl (C=O) groups excluding carboxylic acids is 1. The maximum atomic E-state index is 10.5. The topological polar surface area (TPSA) is 26.3 Å². The third kappa shape index (κ3) is 1.72. The molecule has 1 aliphatic heterocycles. The van der Waals surface area contributed by atoms with Crippen LogP contribution in [0.1, 0.15) is 19.8 Å². The predicted molar refractivity (Wildman–Crippen MR) is 38.2 cm³/mol. The average Bonchev–Trinajstić information content (AvgIpc) is 2.31. The average molecular weight is 138 g/mol. The van der Waals surface area contributed by atoms with Gasteiger partial charge in [0, 0.05) is 6.42 Å². The molecule has 0 spiro atoms. The van der Waals surface area contributed by atoms with Gasteiger partial charge in [0.1, 0.15) is 5.76 Å². The van der Waals surface area contributed by atoms with Gasteiger partial charge in [-0.25, -0.2) is 0 Å². The van der Waals surface area contributed by atoms with Crippen molar-refractivity contribution < 1.29 is 9.53 Å². The van der Waals surface area contributed by atoms with Crippen molar-refractivity contribution in [3.63, 3.8) is 0 Å². The van der Waals surface area contributed by atoms with Crippen molar-refractivity contribution >= 4 is 5.97 Å². The Balaban J connectivity index is 2.51. The minimum Gasteiger partial charge on any atom is -0.431 e. The zero-order chi connectivity index (χ0) is 7.40. The van der Waals surface area contributed by atoms with Gasteiger partial charge in [-0.1, -0.05) is 12.2 Å². The molecule has 0 aromatic heterocycles. The fourth-order valence-corrected chi connectivity index (χ4v) is 0.794. The van der Waals surface area contributed by atoms with Crippen LogP contribution in [0.2, 0.25) is 0 Å². The Bertz CT molecular complexity index is 189. The molecule has 2 heteroatoms. The summed E-state index contributed by atoms with van der Waals surface area (Å²) in [6, 6.07) is 0. The number of hydrogen-bond acceptors (Lipinski definition) is 2. The fraction of sp³-hybridized carbons (Fsp3) is 0.375. The summed E-state index contributed by atoms with van der Waals surface area (Å²) in [7, 11) is 0. The molecule has 54 valence electrons. The molecule has 0 amide bonds. The molecule has 0 aromatic rings. The van der Waals surface area contributed by atoms with Crippen LogP contribution in [0.3, 0.4) is 0 Å². The molecule has 0 radical (unpaired) electrons. The number of carbonyl (C=O) groups is 1. The fourth-order valence-electron chi connectivity index (χ4n) is 0.794. The smallest absolute Gasteiger partial charge is 0.311 e. The second kappa shape index (κ2) is 3.20. The van der Waals surface area contributed by atoms with Crippen LogP contribution >= 0.6 is 0 Å². The Kier molecular flexibility index (Phi) is 2.26. The largest absolute Gasteiger partial charge is 0.431 e. The van der Waals surface area contributed by atoms with Gasteiger partial charge in [0.15, 0.2) is 0 Å². The van der Waals surface area contributed by atoms with Crippen LogP contribution in [-0.2, 0) is 9.53 Å². The molecule has 0 saturated carbocycles. The van der Waals surface area contributed by atoms with E-state index in [-0.39, 0.29) is 5.97 Å². The zero-order valence-corrected chi connectivity index (χ0v) is 5.96. The number of ether oxygens (including phenoxy) is 1. The summed E-state index contributed by atoms with van der Waals surface area (Å²) in [5, 5.41) is 0. The second-order valence-electron chi connectivity index (χ2n) is 2.13. The first-order chi connectivity index (χ1) is 4.83. The molecule has 2 nitrogen and oxygen atoms in total. The second-order valence-corrected chi connectivity index (χ2v) is 2.13. The monoisotopic (exact) mass is 138 g/mol. The van der Waals surface area contributed by atoms with Gasteiger partial charge in [-0.2, -0.15) is 0 Å². The predicted octanol–water partition coefficient (Wildman–Crippen LogP) is 1.78. The number of allylic oxidation sites excluding steroid dienone is 4. The van der Waals surface area contributed by atoms with E-state index >= 15 is 0 Å². The molecule has 0 aliphatic carbocycles. The number of hydrogen-bond donors (Lipinski definition) is 0. The molecule has 1 saturated heterocycles. The van der Waals surface area contributed by atoms with Gasteiger partial charge in [0.2, 0.25) is 0 Å². The van der Waals surface area contributed by atoms with E-state index in [0.717, 1.165) is 12.2 Å². The van der Waals surface area contributed by atoms with Crippen LogP contribution in [-0.4, -0.2) is 5.97 Å². The van der Waals surface area contributed by atoms with Crippen molar-refractivity contribution in [2.75, 3.05) is 0 Å². The first-order valence-corrected chi connectivity index (χ1v) is 3.35. The van der Waals surface area contributed by atoms with Crippen molar-refractivity contribution in [2.45, 2.75) is 19.8 Å². The number of esters is 1. The van der Waals surface area contributed by atoms with Crippen LogP contribution < -0.4 is 0 Å². The van der Waals surface area contributed by atoms with Crippen LogP contribution in [0.25, 0.3) is 0 Å². The van der Waals surface area contributed by atoms with Gasteiger partial charge in [0.25, 0.3) is 0 Å². The molecular formula is C8H10O2. The van der Waals surface area contributed by atoms with E-state index in [0.29, 0.717) is 6.42 Å². The lowest BCUT2D eigenvalue weighted by Gasteiger charge is -1.90. The Morgan fingerprint density at radius 1 is 1.50 bits per heavy atom. The summed E-state index contributed by atoms with van der Waals surface area (Å²) in [6.45, 7) is 1.92. The molecule has 10 heavy (non-hydrogen) atoms. The summed E-state index contributed by atoms with van der Waals surface area (Å²) in [6.07, 6.45) is 6.88.